The molecule has 34 heavy (non-hydrogen) atoms. The van der Waals surface area contributed by atoms with E-state index in [1.807, 2.05) is 23.6 Å². The van der Waals surface area contributed by atoms with Gasteiger partial charge >= 0.3 is 6.18 Å². The van der Waals surface area contributed by atoms with Gasteiger partial charge in [0.2, 0.25) is 0 Å². The molecule has 1 N–H and O–H groups in total. The van der Waals surface area contributed by atoms with E-state index in [0.29, 0.717) is 16.9 Å². The van der Waals surface area contributed by atoms with Crippen molar-refractivity contribution in [3.05, 3.63) is 95.9 Å². The molecule has 9 heteroatoms. The van der Waals surface area contributed by atoms with Crippen molar-refractivity contribution >= 4 is 33.1 Å². The van der Waals surface area contributed by atoms with Gasteiger partial charge < -0.3 is 5.32 Å². The van der Waals surface area contributed by atoms with E-state index in [9.17, 15) is 18.0 Å². The van der Waals surface area contributed by atoms with E-state index in [0.717, 1.165) is 33.5 Å². The minimum Gasteiger partial charge on any atom is -0.321 e. The third-order valence-corrected chi connectivity index (χ3v) is 6.07. The van der Waals surface area contributed by atoms with Gasteiger partial charge in [0.05, 0.1) is 11.3 Å². The fraction of sp³-hybridized carbons (Fsp3) is 0.0400. The molecule has 0 saturated heterocycles. The number of rotatable bonds is 4. The van der Waals surface area contributed by atoms with E-state index in [1.165, 1.54) is 29.8 Å². The van der Waals surface area contributed by atoms with Crippen molar-refractivity contribution in [3.8, 4) is 22.4 Å². The van der Waals surface area contributed by atoms with Crippen LogP contribution in [0.3, 0.4) is 0 Å². The molecule has 3 aromatic heterocycles. The molecule has 5 aromatic rings. The third kappa shape index (κ3) is 4.25. The maximum Gasteiger partial charge on any atom is 0.416 e. The maximum atomic E-state index is 13.1. The van der Waals surface area contributed by atoms with Crippen LogP contribution in [0.5, 0.6) is 0 Å². The van der Waals surface area contributed by atoms with Crippen molar-refractivity contribution in [2.75, 3.05) is 5.32 Å². The average molecular weight is 476 g/mol. The molecule has 0 aliphatic carbocycles. The van der Waals surface area contributed by atoms with E-state index in [1.54, 1.807) is 30.6 Å². The second kappa shape index (κ2) is 8.68. The van der Waals surface area contributed by atoms with E-state index in [-0.39, 0.29) is 5.56 Å². The summed E-state index contributed by atoms with van der Waals surface area (Å²) in [4.78, 5) is 26.5. The van der Waals surface area contributed by atoms with Crippen LogP contribution in [0.2, 0.25) is 0 Å². The number of hydrogen-bond acceptors (Lipinski definition) is 5. The Kier molecular flexibility index (Phi) is 5.54. The van der Waals surface area contributed by atoms with Crippen molar-refractivity contribution in [2.45, 2.75) is 6.18 Å². The number of alkyl halides is 3. The zero-order valence-corrected chi connectivity index (χ0v) is 18.2. The fourth-order valence-corrected chi connectivity index (χ4v) is 4.36. The van der Waals surface area contributed by atoms with Crippen LogP contribution in [0.25, 0.3) is 32.6 Å². The monoisotopic (exact) mass is 476 g/mol. The van der Waals surface area contributed by atoms with Crippen LogP contribution >= 0.6 is 11.3 Å². The topological polar surface area (TPSA) is 67.8 Å². The predicted molar refractivity (Wildman–Crippen MR) is 125 cm³/mol. The number of hydrogen-bond donors (Lipinski definition) is 1. The highest BCUT2D eigenvalue weighted by Gasteiger charge is 2.31. The van der Waals surface area contributed by atoms with Crippen LogP contribution < -0.4 is 5.32 Å². The van der Waals surface area contributed by atoms with Gasteiger partial charge in [-0.15, -0.1) is 11.3 Å². The number of carbonyl (C=O) groups is 1. The largest absolute Gasteiger partial charge is 0.416 e. The van der Waals surface area contributed by atoms with E-state index >= 15 is 0 Å². The molecule has 5 rings (SSSR count). The number of carbonyl (C=O) groups excluding carboxylic acids is 1. The van der Waals surface area contributed by atoms with Gasteiger partial charge in [-0.05, 0) is 53.4 Å². The molecule has 0 fully saturated rings. The van der Waals surface area contributed by atoms with Crippen molar-refractivity contribution in [1.82, 2.24) is 15.0 Å². The Morgan fingerprint density at radius 1 is 0.912 bits per heavy atom. The van der Waals surface area contributed by atoms with Gasteiger partial charge in [0.25, 0.3) is 5.91 Å². The minimum absolute atomic E-state index is 0.0943. The molecule has 2 aromatic carbocycles. The summed E-state index contributed by atoms with van der Waals surface area (Å²) < 4.78 is 39.4. The molecule has 3 heterocycles. The Labute approximate surface area is 196 Å². The molecule has 1 amide bonds. The Morgan fingerprint density at radius 2 is 1.74 bits per heavy atom. The first-order valence-corrected chi connectivity index (χ1v) is 11.0. The Balaban J connectivity index is 1.59. The number of nitrogens with zero attached hydrogens (tertiary/aromatic N) is 3. The van der Waals surface area contributed by atoms with Crippen LogP contribution in [-0.4, -0.2) is 20.9 Å². The summed E-state index contributed by atoms with van der Waals surface area (Å²) in [5, 5.41) is 5.58. The molecule has 0 bridgehead atoms. The summed E-state index contributed by atoms with van der Waals surface area (Å²) in [5.74, 6) is -0.651. The lowest BCUT2D eigenvalue weighted by molar-refractivity contribution is -0.137. The normalized spacial score (nSPS) is 11.5. The number of anilines is 1. The molecule has 5 nitrogen and oxygen atoms in total. The van der Waals surface area contributed by atoms with Gasteiger partial charge in [-0.3, -0.25) is 9.78 Å². The lowest BCUT2D eigenvalue weighted by Crippen LogP contribution is -2.14. The molecule has 0 saturated carbocycles. The number of amides is 1. The van der Waals surface area contributed by atoms with Crippen molar-refractivity contribution in [1.29, 1.82) is 0 Å². The summed E-state index contributed by atoms with van der Waals surface area (Å²) in [6.45, 7) is 0. The highest BCUT2D eigenvalue weighted by molar-refractivity contribution is 7.16. The molecular formula is C25H15F3N4OS. The zero-order chi connectivity index (χ0) is 23.7. The molecule has 0 atom stereocenters. The first-order chi connectivity index (χ1) is 16.4. The highest BCUT2D eigenvalue weighted by atomic mass is 32.1. The van der Waals surface area contributed by atoms with Crippen LogP contribution in [-0.2, 0) is 6.18 Å². The van der Waals surface area contributed by atoms with Crippen LogP contribution in [0, 0.1) is 0 Å². The number of thiophene rings is 1. The van der Waals surface area contributed by atoms with E-state index in [4.69, 9.17) is 0 Å². The number of fused-ring (bicyclic) bond motifs is 1. The first kappa shape index (κ1) is 21.7. The van der Waals surface area contributed by atoms with Gasteiger partial charge in [-0.25, -0.2) is 9.97 Å². The minimum atomic E-state index is -4.54. The zero-order valence-electron chi connectivity index (χ0n) is 17.4. The summed E-state index contributed by atoms with van der Waals surface area (Å²) in [7, 11) is 0. The third-order valence-electron chi connectivity index (χ3n) is 5.25. The van der Waals surface area contributed by atoms with Crippen LogP contribution in [0.1, 0.15) is 15.9 Å². The average Bonchev–Trinajstić information content (AvgIpc) is 3.33. The van der Waals surface area contributed by atoms with Crippen molar-refractivity contribution in [2.24, 2.45) is 0 Å². The van der Waals surface area contributed by atoms with E-state index in [2.05, 4.69) is 20.3 Å². The molecule has 168 valence electrons. The summed E-state index contributed by atoms with van der Waals surface area (Å²) in [6, 6.07) is 15.3. The molecule has 0 unspecified atom stereocenters. The summed E-state index contributed by atoms with van der Waals surface area (Å²) >= 11 is 1.49. The van der Waals surface area contributed by atoms with Crippen LogP contribution in [0.4, 0.5) is 18.9 Å². The number of pyridine rings is 1. The Bertz CT molecular complexity index is 1500. The molecule has 0 aliphatic rings. The SMILES string of the molecule is O=C(Nc1cc(-c2ncnc3sccc23)ccc1-c1ccncc1)c1cccc(C(F)(F)F)c1. The van der Waals surface area contributed by atoms with Gasteiger partial charge in [-0.1, -0.05) is 18.2 Å². The second-order valence-corrected chi connectivity index (χ2v) is 8.29. The lowest BCUT2D eigenvalue weighted by Gasteiger charge is -2.14. The number of halogens is 3. The van der Waals surface area contributed by atoms with Crippen molar-refractivity contribution < 1.29 is 18.0 Å². The summed E-state index contributed by atoms with van der Waals surface area (Å²) in [5.41, 5.74) is 2.39. The van der Waals surface area contributed by atoms with Gasteiger partial charge in [0.15, 0.2) is 0 Å². The Morgan fingerprint density at radius 3 is 2.53 bits per heavy atom. The highest BCUT2D eigenvalue weighted by Crippen LogP contribution is 2.35. The smallest absolute Gasteiger partial charge is 0.321 e. The maximum absolute atomic E-state index is 13.1. The molecular weight excluding hydrogens is 461 g/mol. The predicted octanol–water partition coefficient (Wildman–Crippen LogP) is 6.69. The number of aromatic nitrogens is 3. The quantitative estimate of drug-likeness (QED) is 0.314. The van der Waals surface area contributed by atoms with Crippen molar-refractivity contribution in [3.63, 3.8) is 0 Å². The summed E-state index contributed by atoms with van der Waals surface area (Å²) in [6.07, 6.45) is 0.186. The lowest BCUT2D eigenvalue weighted by atomic mass is 9.99. The number of benzene rings is 2. The second-order valence-electron chi connectivity index (χ2n) is 7.39. The van der Waals surface area contributed by atoms with Crippen LogP contribution in [0.15, 0.2) is 84.8 Å². The first-order valence-electron chi connectivity index (χ1n) is 10.1. The van der Waals surface area contributed by atoms with Gasteiger partial charge in [-0.2, -0.15) is 13.2 Å². The molecule has 0 radical (unpaired) electrons. The molecule has 0 aliphatic heterocycles. The number of nitrogens with one attached hydrogen (secondary N) is 1. The standard InChI is InChI=1S/C25H15F3N4OS/c26-25(27,28)18-3-1-2-17(12-18)23(33)32-21-13-16(4-5-19(21)15-6-9-29-10-7-15)22-20-8-11-34-24(20)31-14-30-22/h1-14H,(H,32,33). The molecule has 0 spiro atoms. The van der Waals surface area contributed by atoms with Gasteiger partial charge in [0, 0.05) is 40.2 Å². The van der Waals surface area contributed by atoms with E-state index < -0.39 is 17.6 Å². The van der Waals surface area contributed by atoms with Gasteiger partial charge in [0.1, 0.15) is 11.2 Å². The Hall–Kier alpha value is -4.11. The fourth-order valence-electron chi connectivity index (χ4n) is 3.63.